The molecule has 0 radical (unpaired) electrons. The number of amides is 1. The maximum absolute atomic E-state index is 12.6. The molecule has 0 fully saturated rings. The average Bonchev–Trinajstić information content (AvgIpc) is 3.10. The number of aromatic nitrogens is 4. The van der Waals surface area contributed by atoms with Crippen molar-refractivity contribution in [3.05, 3.63) is 63.6 Å². The lowest BCUT2D eigenvalue weighted by atomic mass is 10.2. The normalized spacial score (nSPS) is 10.9. The van der Waals surface area contributed by atoms with Crippen molar-refractivity contribution in [2.75, 3.05) is 6.54 Å². The van der Waals surface area contributed by atoms with Crippen LogP contribution in [0.3, 0.4) is 0 Å². The minimum absolute atomic E-state index is 0.0833. The van der Waals surface area contributed by atoms with Crippen molar-refractivity contribution in [2.45, 2.75) is 33.7 Å². The molecule has 0 bridgehead atoms. The van der Waals surface area contributed by atoms with Crippen LogP contribution in [0.4, 0.5) is 0 Å². The summed E-state index contributed by atoms with van der Waals surface area (Å²) < 4.78 is 4.70. The second-order valence-electron chi connectivity index (χ2n) is 6.23. The van der Waals surface area contributed by atoms with Gasteiger partial charge in [-0.15, -0.1) is 0 Å². The predicted octanol–water partition coefficient (Wildman–Crippen LogP) is 3.58. The zero-order chi connectivity index (χ0) is 18.7. The number of rotatable bonds is 6. The standard InChI is InChI=1S/C19H22BrN5O/c1-13-17(20)12-24(22-13)11-7-10-21-19(26)18-14(2)23-25(15(18)3)16-8-5-4-6-9-16/h4-6,8-9,12H,7,10-11H2,1-3H3,(H,21,26). The van der Waals surface area contributed by atoms with Gasteiger partial charge in [-0.2, -0.15) is 10.2 Å². The van der Waals surface area contributed by atoms with Gasteiger partial charge in [-0.1, -0.05) is 18.2 Å². The maximum Gasteiger partial charge on any atom is 0.255 e. The Labute approximate surface area is 161 Å². The first kappa shape index (κ1) is 18.4. The van der Waals surface area contributed by atoms with Crippen molar-refractivity contribution < 1.29 is 4.79 Å². The quantitative estimate of drug-likeness (QED) is 0.625. The molecular formula is C19H22BrN5O. The van der Waals surface area contributed by atoms with Gasteiger partial charge < -0.3 is 5.32 Å². The Balaban J connectivity index is 1.62. The monoisotopic (exact) mass is 415 g/mol. The Morgan fingerprint density at radius 1 is 1.12 bits per heavy atom. The van der Waals surface area contributed by atoms with Crippen molar-refractivity contribution in [3.8, 4) is 5.69 Å². The van der Waals surface area contributed by atoms with Gasteiger partial charge in [0.05, 0.1) is 32.8 Å². The summed E-state index contributed by atoms with van der Waals surface area (Å²) >= 11 is 3.45. The topological polar surface area (TPSA) is 64.7 Å². The zero-order valence-corrected chi connectivity index (χ0v) is 16.7. The largest absolute Gasteiger partial charge is 0.352 e. The highest BCUT2D eigenvalue weighted by atomic mass is 79.9. The Kier molecular flexibility index (Phi) is 5.56. The number of nitrogens with zero attached hydrogens (tertiary/aromatic N) is 4. The predicted molar refractivity (Wildman–Crippen MR) is 105 cm³/mol. The fraction of sp³-hybridized carbons (Fsp3) is 0.316. The van der Waals surface area contributed by atoms with E-state index in [2.05, 4.69) is 31.4 Å². The third kappa shape index (κ3) is 3.88. The summed E-state index contributed by atoms with van der Waals surface area (Å²) in [5.41, 5.74) is 4.14. The van der Waals surface area contributed by atoms with Crippen molar-refractivity contribution in [2.24, 2.45) is 0 Å². The average molecular weight is 416 g/mol. The SMILES string of the molecule is Cc1nn(CCCNC(=O)c2c(C)nn(-c3ccccc3)c2C)cc1Br. The van der Waals surface area contributed by atoms with Gasteiger partial charge in [-0.3, -0.25) is 9.48 Å². The molecule has 1 amide bonds. The van der Waals surface area contributed by atoms with E-state index in [1.807, 2.05) is 66.7 Å². The molecule has 2 aromatic heterocycles. The van der Waals surface area contributed by atoms with Gasteiger partial charge in [0.1, 0.15) is 0 Å². The molecule has 0 unspecified atom stereocenters. The smallest absolute Gasteiger partial charge is 0.255 e. The Morgan fingerprint density at radius 2 is 1.85 bits per heavy atom. The second kappa shape index (κ2) is 7.86. The number of nitrogens with one attached hydrogen (secondary N) is 1. The van der Waals surface area contributed by atoms with E-state index >= 15 is 0 Å². The van der Waals surface area contributed by atoms with Crippen molar-refractivity contribution in [1.82, 2.24) is 24.9 Å². The number of carbonyl (C=O) groups excluding carboxylic acids is 1. The molecule has 3 rings (SSSR count). The zero-order valence-electron chi connectivity index (χ0n) is 15.2. The molecule has 2 heterocycles. The molecule has 0 aliphatic heterocycles. The molecule has 0 saturated heterocycles. The summed E-state index contributed by atoms with van der Waals surface area (Å²) in [4.78, 5) is 12.6. The van der Waals surface area contributed by atoms with Crippen LogP contribution < -0.4 is 5.32 Å². The van der Waals surface area contributed by atoms with Gasteiger partial charge in [-0.25, -0.2) is 4.68 Å². The number of para-hydroxylation sites is 1. The third-order valence-corrected chi connectivity index (χ3v) is 5.03. The number of hydrogen-bond donors (Lipinski definition) is 1. The summed E-state index contributed by atoms with van der Waals surface area (Å²) in [5, 5.41) is 11.9. The first-order chi connectivity index (χ1) is 12.5. The van der Waals surface area contributed by atoms with E-state index in [1.165, 1.54) is 0 Å². The van der Waals surface area contributed by atoms with Crippen molar-refractivity contribution >= 4 is 21.8 Å². The molecule has 26 heavy (non-hydrogen) atoms. The van der Waals surface area contributed by atoms with Crippen LogP contribution in [0.5, 0.6) is 0 Å². The highest BCUT2D eigenvalue weighted by Crippen LogP contribution is 2.18. The molecule has 136 valence electrons. The Hall–Kier alpha value is -2.41. The first-order valence-corrected chi connectivity index (χ1v) is 9.36. The van der Waals surface area contributed by atoms with Gasteiger partial charge in [0, 0.05) is 19.3 Å². The summed E-state index contributed by atoms with van der Waals surface area (Å²) in [6, 6.07) is 9.83. The van der Waals surface area contributed by atoms with E-state index in [-0.39, 0.29) is 5.91 Å². The van der Waals surface area contributed by atoms with E-state index in [0.29, 0.717) is 12.1 Å². The number of halogens is 1. The lowest BCUT2D eigenvalue weighted by molar-refractivity contribution is 0.0951. The van der Waals surface area contributed by atoms with E-state index in [0.717, 1.165) is 40.2 Å². The van der Waals surface area contributed by atoms with Gasteiger partial charge in [0.2, 0.25) is 0 Å². The van der Waals surface area contributed by atoms with E-state index < -0.39 is 0 Å². The number of aryl methyl sites for hydroxylation is 3. The van der Waals surface area contributed by atoms with Gasteiger partial charge in [-0.05, 0) is 55.3 Å². The second-order valence-corrected chi connectivity index (χ2v) is 7.08. The van der Waals surface area contributed by atoms with Crippen LogP contribution in [-0.4, -0.2) is 32.0 Å². The van der Waals surface area contributed by atoms with E-state index in [9.17, 15) is 4.79 Å². The summed E-state index contributed by atoms with van der Waals surface area (Å²) in [6.45, 7) is 7.09. The minimum atomic E-state index is -0.0833. The van der Waals surface area contributed by atoms with Crippen LogP contribution in [0, 0.1) is 20.8 Å². The molecule has 0 aliphatic carbocycles. The van der Waals surface area contributed by atoms with E-state index in [4.69, 9.17) is 0 Å². The number of carbonyl (C=O) groups is 1. The Morgan fingerprint density at radius 3 is 2.50 bits per heavy atom. The molecule has 1 N–H and O–H groups in total. The van der Waals surface area contributed by atoms with Crippen LogP contribution >= 0.6 is 15.9 Å². The molecule has 3 aromatic rings. The maximum atomic E-state index is 12.6. The Bertz CT molecular complexity index is 894. The minimum Gasteiger partial charge on any atom is -0.352 e. The molecule has 0 saturated carbocycles. The molecule has 0 spiro atoms. The van der Waals surface area contributed by atoms with Crippen LogP contribution in [0.1, 0.15) is 33.9 Å². The molecule has 0 atom stereocenters. The summed E-state index contributed by atoms with van der Waals surface area (Å²) in [7, 11) is 0. The van der Waals surface area contributed by atoms with Crippen LogP contribution in [-0.2, 0) is 6.54 Å². The highest BCUT2D eigenvalue weighted by Gasteiger charge is 2.18. The molecule has 0 aliphatic rings. The molecular weight excluding hydrogens is 394 g/mol. The molecule has 1 aromatic carbocycles. The third-order valence-electron chi connectivity index (χ3n) is 4.26. The van der Waals surface area contributed by atoms with E-state index in [1.54, 1.807) is 0 Å². The van der Waals surface area contributed by atoms with Crippen LogP contribution in [0.25, 0.3) is 5.69 Å². The van der Waals surface area contributed by atoms with Crippen LogP contribution in [0.2, 0.25) is 0 Å². The lowest BCUT2D eigenvalue weighted by Gasteiger charge is -2.07. The first-order valence-electron chi connectivity index (χ1n) is 8.56. The lowest BCUT2D eigenvalue weighted by Crippen LogP contribution is -2.26. The van der Waals surface area contributed by atoms with Crippen molar-refractivity contribution in [3.63, 3.8) is 0 Å². The molecule has 7 heteroatoms. The van der Waals surface area contributed by atoms with Crippen molar-refractivity contribution in [1.29, 1.82) is 0 Å². The van der Waals surface area contributed by atoms with Gasteiger partial charge in [0.25, 0.3) is 5.91 Å². The van der Waals surface area contributed by atoms with Crippen LogP contribution in [0.15, 0.2) is 41.0 Å². The number of benzene rings is 1. The van der Waals surface area contributed by atoms with Gasteiger partial charge in [0.15, 0.2) is 0 Å². The summed E-state index contributed by atoms with van der Waals surface area (Å²) in [5.74, 6) is -0.0833. The fourth-order valence-electron chi connectivity index (χ4n) is 2.93. The highest BCUT2D eigenvalue weighted by molar-refractivity contribution is 9.10. The molecule has 6 nitrogen and oxygen atoms in total. The van der Waals surface area contributed by atoms with Gasteiger partial charge >= 0.3 is 0 Å². The fourth-order valence-corrected chi connectivity index (χ4v) is 3.25. The summed E-state index contributed by atoms with van der Waals surface area (Å²) in [6.07, 6.45) is 2.76. The number of hydrogen-bond acceptors (Lipinski definition) is 3.